The second-order valence-electron chi connectivity index (χ2n) is 6.37. The molecule has 31 heavy (non-hydrogen) atoms. The first-order chi connectivity index (χ1) is 14.8. The van der Waals surface area contributed by atoms with Crippen molar-refractivity contribution in [1.82, 2.24) is 4.98 Å². The maximum Gasteiger partial charge on any atom is 0.322 e. The number of nitro groups is 1. The number of benzene rings is 2. The summed E-state index contributed by atoms with van der Waals surface area (Å²) in [7, 11) is 1.25. The predicted molar refractivity (Wildman–Crippen MR) is 113 cm³/mol. The van der Waals surface area contributed by atoms with Gasteiger partial charge in [0.1, 0.15) is 5.75 Å². The Bertz CT molecular complexity index is 1220. The number of pyridine rings is 1. The second kappa shape index (κ2) is 9.04. The van der Waals surface area contributed by atoms with Crippen molar-refractivity contribution in [2.75, 3.05) is 7.11 Å². The summed E-state index contributed by atoms with van der Waals surface area (Å²) in [5.41, 5.74) is 0.866. The van der Waals surface area contributed by atoms with Crippen molar-refractivity contribution in [3.05, 3.63) is 63.8 Å². The number of aromatic nitrogens is 1. The van der Waals surface area contributed by atoms with Crippen molar-refractivity contribution in [1.29, 1.82) is 0 Å². The minimum absolute atomic E-state index is 0.0557. The summed E-state index contributed by atoms with van der Waals surface area (Å²) >= 11 is 0. The SMILES string of the molecule is COc1c(OC(C)=O)ccc(/C=C/c2cc(OC(C)=O)c3ccccc3n2)c1[N+](=O)[O-]. The molecule has 0 saturated heterocycles. The molecule has 3 rings (SSSR count). The summed E-state index contributed by atoms with van der Waals surface area (Å²) in [5, 5.41) is 12.3. The Labute approximate surface area is 177 Å². The summed E-state index contributed by atoms with van der Waals surface area (Å²) < 4.78 is 15.4. The molecular weight excluding hydrogens is 404 g/mol. The van der Waals surface area contributed by atoms with Crippen LogP contribution >= 0.6 is 0 Å². The molecule has 0 aliphatic rings. The average molecular weight is 422 g/mol. The van der Waals surface area contributed by atoms with Crippen LogP contribution in [0.25, 0.3) is 23.1 Å². The fraction of sp³-hybridized carbons (Fsp3) is 0.136. The smallest absolute Gasteiger partial charge is 0.322 e. The number of fused-ring (bicyclic) bond motifs is 1. The van der Waals surface area contributed by atoms with Crippen LogP contribution in [-0.4, -0.2) is 29.0 Å². The number of carbonyl (C=O) groups is 2. The van der Waals surface area contributed by atoms with E-state index in [2.05, 4.69) is 4.98 Å². The molecule has 1 aromatic heterocycles. The highest BCUT2D eigenvalue weighted by molar-refractivity contribution is 5.89. The normalized spacial score (nSPS) is 10.8. The monoisotopic (exact) mass is 422 g/mol. The Morgan fingerprint density at radius 1 is 1.00 bits per heavy atom. The predicted octanol–water partition coefficient (Wildman–Crippen LogP) is 4.17. The molecule has 0 atom stereocenters. The van der Waals surface area contributed by atoms with Crippen LogP contribution in [0.5, 0.6) is 17.2 Å². The number of carbonyl (C=O) groups excluding carboxylic acids is 2. The van der Waals surface area contributed by atoms with E-state index < -0.39 is 16.9 Å². The molecule has 3 aromatic rings. The number of hydrogen-bond donors (Lipinski definition) is 0. The molecule has 0 aliphatic heterocycles. The van der Waals surface area contributed by atoms with E-state index >= 15 is 0 Å². The Morgan fingerprint density at radius 2 is 1.68 bits per heavy atom. The van der Waals surface area contributed by atoms with Crippen LogP contribution in [-0.2, 0) is 9.59 Å². The third kappa shape index (κ3) is 4.84. The van der Waals surface area contributed by atoms with E-state index in [1.54, 1.807) is 36.4 Å². The van der Waals surface area contributed by atoms with Crippen LogP contribution < -0.4 is 14.2 Å². The van der Waals surface area contributed by atoms with Gasteiger partial charge in [-0.15, -0.1) is 0 Å². The van der Waals surface area contributed by atoms with Gasteiger partial charge in [-0.05, 0) is 36.4 Å². The van der Waals surface area contributed by atoms with Gasteiger partial charge in [-0.1, -0.05) is 12.1 Å². The fourth-order valence-electron chi connectivity index (χ4n) is 2.99. The van der Waals surface area contributed by atoms with Gasteiger partial charge in [-0.25, -0.2) is 4.98 Å². The van der Waals surface area contributed by atoms with Crippen molar-refractivity contribution >= 4 is 40.7 Å². The molecular formula is C22H18N2O7. The van der Waals surface area contributed by atoms with E-state index in [0.29, 0.717) is 22.3 Å². The van der Waals surface area contributed by atoms with Gasteiger partial charge in [-0.2, -0.15) is 0 Å². The van der Waals surface area contributed by atoms with E-state index in [-0.39, 0.29) is 22.7 Å². The summed E-state index contributed by atoms with van der Waals surface area (Å²) in [6, 6.07) is 11.5. The number of nitrogens with zero attached hydrogens (tertiary/aromatic N) is 2. The molecule has 9 heteroatoms. The first-order valence-electron chi connectivity index (χ1n) is 9.10. The Morgan fingerprint density at radius 3 is 2.32 bits per heavy atom. The molecule has 0 unspecified atom stereocenters. The van der Waals surface area contributed by atoms with Crippen molar-refractivity contribution in [2.45, 2.75) is 13.8 Å². The lowest BCUT2D eigenvalue weighted by molar-refractivity contribution is -0.386. The topological polar surface area (TPSA) is 118 Å². The fourth-order valence-corrected chi connectivity index (χ4v) is 2.99. The van der Waals surface area contributed by atoms with Gasteiger partial charge in [0.25, 0.3) is 0 Å². The number of nitro benzene ring substituents is 1. The first-order valence-corrected chi connectivity index (χ1v) is 9.10. The van der Waals surface area contributed by atoms with Crippen LogP contribution in [0, 0.1) is 10.1 Å². The number of hydrogen-bond acceptors (Lipinski definition) is 8. The van der Waals surface area contributed by atoms with Crippen LogP contribution in [0.15, 0.2) is 42.5 Å². The zero-order chi connectivity index (χ0) is 22.5. The highest BCUT2D eigenvalue weighted by atomic mass is 16.6. The quantitative estimate of drug-likeness (QED) is 0.251. The highest BCUT2D eigenvalue weighted by Crippen LogP contribution is 2.40. The van der Waals surface area contributed by atoms with Crippen LogP contribution in [0.1, 0.15) is 25.1 Å². The lowest BCUT2D eigenvalue weighted by atomic mass is 10.1. The third-order valence-corrected chi connectivity index (χ3v) is 4.15. The first kappa shape index (κ1) is 21.4. The van der Waals surface area contributed by atoms with Crippen molar-refractivity contribution in [2.24, 2.45) is 0 Å². The van der Waals surface area contributed by atoms with E-state index in [0.717, 1.165) is 0 Å². The van der Waals surface area contributed by atoms with Gasteiger partial charge < -0.3 is 14.2 Å². The Balaban J connectivity index is 2.09. The lowest BCUT2D eigenvalue weighted by Crippen LogP contribution is -2.05. The molecule has 0 fully saturated rings. The van der Waals surface area contributed by atoms with E-state index in [1.807, 2.05) is 0 Å². The van der Waals surface area contributed by atoms with Gasteiger partial charge in [0.15, 0.2) is 5.75 Å². The van der Waals surface area contributed by atoms with Gasteiger partial charge >= 0.3 is 17.6 Å². The molecule has 0 radical (unpaired) electrons. The van der Waals surface area contributed by atoms with Crippen molar-refractivity contribution in [3.63, 3.8) is 0 Å². The largest absolute Gasteiger partial charge is 0.488 e. The van der Waals surface area contributed by atoms with Gasteiger partial charge in [0, 0.05) is 25.3 Å². The van der Waals surface area contributed by atoms with Crippen LogP contribution in [0.4, 0.5) is 5.69 Å². The van der Waals surface area contributed by atoms with Gasteiger partial charge in [0.05, 0.1) is 28.8 Å². The molecule has 0 bridgehead atoms. The molecule has 0 N–H and O–H groups in total. The summed E-state index contributed by atoms with van der Waals surface area (Å²) in [4.78, 5) is 38.3. The van der Waals surface area contributed by atoms with Crippen LogP contribution in [0.3, 0.4) is 0 Å². The summed E-state index contributed by atoms with van der Waals surface area (Å²) in [6.45, 7) is 2.48. The molecule has 1 heterocycles. The number of ether oxygens (including phenoxy) is 3. The van der Waals surface area contributed by atoms with Crippen molar-refractivity contribution in [3.8, 4) is 17.2 Å². The van der Waals surface area contributed by atoms with E-state index in [1.165, 1.54) is 39.2 Å². The Hall–Kier alpha value is -4.27. The second-order valence-corrected chi connectivity index (χ2v) is 6.37. The number of esters is 2. The number of para-hydroxylation sites is 1. The van der Waals surface area contributed by atoms with Gasteiger partial charge in [-0.3, -0.25) is 19.7 Å². The standard InChI is InChI=1S/C22H18N2O7/c1-13(25)30-19-11-9-15(21(24(27)28)22(19)29-3)8-10-16-12-20(31-14(2)26)17-6-4-5-7-18(17)23-16/h4-12H,1-3H3/b10-8+. The van der Waals surface area contributed by atoms with E-state index in [9.17, 15) is 19.7 Å². The van der Waals surface area contributed by atoms with Crippen molar-refractivity contribution < 1.29 is 28.7 Å². The average Bonchev–Trinajstić information content (AvgIpc) is 2.71. The molecule has 2 aromatic carbocycles. The maximum absolute atomic E-state index is 11.7. The summed E-state index contributed by atoms with van der Waals surface area (Å²) in [6.07, 6.45) is 3.03. The molecule has 9 nitrogen and oxygen atoms in total. The molecule has 0 spiro atoms. The van der Waals surface area contributed by atoms with E-state index in [4.69, 9.17) is 14.2 Å². The number of methoxy groups -OCH3 is 1. The zero-order valence-corrected chi connectivity index (χ0v) is 16.9. The molecule has 0 saturated carbocycles. The minimum atomic E-state index is -0.630. The molecule has 0 amide bonds. The lowest BCUT2D eigenvalue weighted by Gasteiger charge is -2.10. The highest BCUT2D eigenvalue weighted by Gasteiger charge is 2.25. The van der Waals surface area contributed by atoms with Gasteiger partial charge in [0.2, 0.25) is 5.75 Å². The molecule has 0 aliphatic carbocycles. The third-order valence-electron chi connectivity index (χ3n) is 4.15. The maximum atomic E-state index is 11.7. The van der Waals surface area contributed by atoms with Crippen LogP contribution in [0.2, 0.25) is 0 Å². The summed E-state index contributed by atoms with van der Waals surface area (Å²) in [5.74, 6) is -1.01. The number of rotatable bonds is 6. The minimum Gasteiger partial charge on any atom is -0.488 e. The zero-order valence-electron chi connectivity index (χ0n) is 16.9. The Kier molecular flexibility index (Phi) is 6.25. The molecule has 158 valence electrons.